The minimum atomic E-state index is -2.16. The maximum absolute atomic E-state index is 15.0. The van der Waals surface area contributed by atoms with Gasteiger partial charge >= 0.3 is 0 Å². The summed E-state index contributed by atoms with van der Waals surface area (Å²) in [4.78, 5) is 8.07. The molecule has 0 aliphatic carbocycles. The molecule has 4 nitrogen and oxygen atoms in total. The number of hydrogen-bond acceptors (Lipinski definition) is 4. The zero-order chi connectivity index (χ0) is 20.4. The van der Waals surface area contributed by atoms with Crippen LogP contribution >= 0.6 is 0 Å². The van der Waals surface area contributed by atoms with Gasteiger partial charge in [0.1, 0.15) is 24.0 Å². The fourth-order valence-electron chi connectivity index (χ4n) is 4.20. The molecule has 0 saturated carbocycles. The molecule has 27 heavy (non-hydrogen) atoms. The van der Waals surface area contributed by atoms with Crippen molar-refractivity contribution in [1.82, 2.24) is 9.97 Å². The van der Waals surface area contributed by atoms with E-state index in [2.05, 4.69) is 51.5 Å². The molecule has 0 N–H and O–H groups in total. The second-order valence-electron chi connectivity index (χ2n) is 7.86. The number of hydrogen-bond donors (Lipinski definition) is 0. The summed E-state index contributed by atoms with van der Waals surface area (Å²) in [6.45, 7) is 14.9. The van der Waals surface area contributed by atoms with Gasteiger partial charge in [-0.15, -0.1) is 0 Å². The molecule has 1 aromatic carbocycles. The molecule has 0 atom stereocenters. The van der Waals surface area contributed by atoms with Crippen molar-refractivity contribution >= 4 is 8.32 Å². The molecule has 6 heteroatoms. The number of nitrogens with zero attached hydrogens (tertiary/aromatic N) is 3. The highest BCUT2D eigenvalue weighted by molar-refractivity contribution is 6.78. The molecule has 0 saturated heterocycles. The van der Waals surface area contributed by atoms with Crippen molar-refractivity contribution in [2.75, 3.05) is 0 Å². The van der Waals surface area contributed by atoms with Gasteiger partial charge in [0, 0.05) is 22.9 Å². The summed E-state index contributed by atoms with van der Waals surface area (Å²) < 4.78 is 21.5. The van der Waals surface area contributed by atoms with Gasteiger partial charge < -0.3 is 4.43 Å². The highest BCUT2D eigenvalue weighted by Crippen LogP contribution is 2.43. The molecule has 0 bridgehead atoms. The summed E-state index contributed by atoms with van der Waals surface area (Å²) in [5.41, 5.74) is 2.70. The summed E-state index contributed by atoms with van der Waals surface area (Å²) in [7, 11) is -2.16. The summed E-state index contributed by atoms with van der Waals surface area (Å²) in [6, 6.07) is 6.90. The Bertz CT molecular complexity index is 837. The molecule has 2 rings (SSSR count). The van der Waals surface area contributed by atoms with Gasteiger partial charge in [0.2, 0.25) is 0 Å². The monoisotopic (exact) mass is 385 g/mol. The van der Waals surface area contributed by atoms with Gasteiger partial charge in [0.05, 0.1) is 0 Å². The van der Waals surface area contributed by atoms with Gasteiger partial charge in [0.25, 0.3) is 8.32 Å². The summed E-state index contributed by atoms with van der Waals surface area (Å²) in [5, 5.41) is 9.30. The Morgan fingerprint density at radius 2 is 1.63 bits per heavy atom. The summed E-state index contributed by atoms with van der Waals surface area (Å²) in [5.74, 6) is 0.119. The summed E-state index contributed by atoms with van der Waals surface area (Å²) in [6.07, 6.45) is 1.32. The van der Waals surface area contributed by atoms with Gasteiger partial charge in [-0.1, -0.05) is 41.5 Å². The van der Waals surface area contributed by atoms with Gasteiger partial charge in [-0.25, -0.2) is 14.4 Å². The van der Waals surface area contributed by atoms with E-state index in [4.69, 9.17) is 4.43 Å². The number of aromatic nitrogens is 2. The van der Waals surface area contributed by atoms with E-state index in [9.17, 15) is 9.65 Å². The molecule has 0 aliphatic rings. The van der Waals surface area contributed by atoms with Crippen LogP contribution in [0.25, 0.3) is 11.1 Å². The minimum Gasteiger partial charge on any atom is -0.543 e. The molecule has 0 fully saturated rings. The molecule has 1 aromatic heterocycles. The van der Waals surface area contributed by atoms with E-state index in [1.165, 1.54) is 12.4 Å². The number of benzene rings is 1. The molecule has 144 valence electrons. The SMILES string of the molecule is Cc1ncnc(C#N)c1-c1ccc(O[Si](C(C)C)(C(C)C)C(C)C)cc1F. The number of halogens is 1. The van der Waals surface area contributed by atoms with Crippen molar-refractivity contribution in [3.63, 3.8) is 0 Å². The number of rotatable bonds is 6. The van der Waals surface area contributed by atoms with Gasteiger partial charge in [-0.2, -0.15) is 5.26 Å². The van der Waals surface area contributed by atoms with E-state index >= 15 is 0 Å². The first-order valence-electron chi connectivity index (χ1n) is 9.35. The Balaban J connectivity index is 2.51. The van der Waals surface area contributed by atoms with Crippen LogP contribution in [0.15, 0.2) is 24.5 Å². The molecular formula is C21H28FN3OSi. The molecule has 0 amide bonds. The van der Waals surface area contributed by atoms with Crippen molar-refractivity contribution in [2.24, 2.45) is 0 Å². The molecule has 0 spiro atoms. The van der Waals surface area contributed by atoms with Crippen LogP contribution in [-0.2, 0) is 0 Å². The lowest BCUT2D eigenvalue weighted by Gasteiger charge is -2.42. The van der Waals surface area contributed by atoms with Crippen LogP contribution in [0.1, 0.15) is 52.9 Å². The zero-order valence-corrected chi connectivity index (χ0v) is 18.2. The van der Waals surface area contributed by atoms with Crippen LogP contribution in [0.2, 0.25) is 16.6 Å². The normalized spacial score (nSPS) is 11.9. The van der Waals surface area contributed by atoms with Gasteiger partial charge in [0.15, 0.2) is 5.69 Å². The van der Waals surface area contributed by atoms with E-state index in [1.54, 1.807) is 19.1 Å². The van der Waals surface area contributed by atoms with Crippen LogP contribution in [0.3, 0.4) is 0 Å². The fraction of sp³-hybridized carbons (Fsp3) is 0.476. The lowest BCUT2D eigenvalue weighted by Crippen LogP contribution is -2.50. The van der Waals surface area contributed by atoms with E-state index in [0.29, 0.717) is 39.2 Å². The predicted octanol–water partition coefficient (Wildman–Crippen LogP) is 6.02. The topological polar surface area (TPSA) is 58.8 Å². The Labute approximate surface area is 162 Å². The molecule has 0 unspecified atom stereocenters. The highest BCUT2D eigenvalue weighted by Gasteiger charge is 2.47. The highest BCUT2D eigenvalue weighted by atomic mass is 28.4. The van der Waals surface area contributed by atoms with E-state index in [-0.39, 0.29) is 5.69 Å². The van der Waals surface area contributed by atoms with E-state index in [0.717, 1.165) is 0 Å². The second-order valence-corrected chi connectivity index (χ2v) is 13.2. The number of aryl methyl sites for hydroxylation is 1. The largest absolute Gasteiger partial charge is 0.543 e. The average molecular weight is 386 g/mol. The zero-order valence-electron chi connectivity index (χ0n) is 17.2. The molecule has 2 aromatic rings. The lowest BCUT2D eigenvalue weighted by atomic mass is 10.0. The maximum Gasteiger partial charge on any atom is 0.258 e. The smallest absolute Gasteiger partial charge is 0.258 e. The Kier molecular flexibility index (Phi) is 6.37. The molecule has 0 radical (unpaired) electrons. The maximum atomic E-state index is 15.0. The van der Waals surface area contributed by atoms with Crippen LogP contribution in [-0.4, -0.2) is 18.3 Å². The van der Waals surface area contributed by atoms with Gasteiger partial charge in [-0.3, -0.25) is 0 Å². The third kappa shape index (κ3) is 3.88. The third-order valence-electron chi connectivity index (χ3n) is 5.35. The quantitative estimate of drug-likeness (QED) is 0.571. The van der Waals surface area contributed by atoms with Crippen LogP contribution in [0.4, 0.5) is 4.39 Å². The van der Waals surface area contributed by atoms with Gasteiger partial charge in [-0.05, 0) is 35.7 Å². The van der Waals surface area contributed by atoms with E-state index < -0.39 is 14.1 Å². The van der Waals surface area contributed by atoms with Crippen molar-refractivity contribution in [3.05, 3.63) is 41.7 Å². The molecule has 0 aliphatic heterocycles. The third-order valence-corrected chi connectivity index (χ3v) is 11.4. The lowest BCUT2D eigenvalue weighted by molar-refractivity contribution is 0.475. The first kappa shape index (κ1) is 21.0. The predicted molar refractivity (Wildman–Crippen MR) is 109 cm³/mol. The van der Waals surface area contributed by atoms with Crippen molar-refractivity contribution in [3.8, 4) is 22.9 Å². The standard InChI is InChI=1S/C21H28FN3OSi/c1-13(2)27(14(3)4,15(5)6)26-17-8-9-18(19(22)10-17)21-16(7)24-12-25-20(21)11-23/h8-10,12-15H,1-7H3. The average Bonchev–Trinajstić information content (AvgIpc) is 2.59. The van der Waals surface area contributed by atoms with Crippen LogP contribution in [0.5, 0.6) is 5.75 Å². The molecular weight excluding hydrogens is 357 g/mol. The molecule has 1 heterocycles. The Hall–Kier alpha value is -2.26. The van der Waals surface area contributed by atoms with Crippen molar-refractivity contribution in [1.29, 1.82) is 5.26 Å². The van der Waals surface area contributed by atoms with Crippen LogP contribution < -0.4 is 4.43 Å². The van der Waals surface area contributed by atoms with E-state index in [1.807, 2.05) is 6.07 Å². The first-order chi connectivity index (χ1) is 12.6. The minimum absolute atomic E-state index is 0.172. The second kappa shape index (κ2) is 8.18. The first-order valence-corrected chi connectivity index (χ1v) is 11.5. The van der Waals surface area contributed by atoms with Crippen molar-refractivity contribution in [2.45, 2.75) is 65.1 Å². The van der Waals surface area contributed by atoms with Crippen molar-refractivity contribution < 1.29 is 8.82 Å². The Morgan fingerprint density at radius 1 is 1.04 bits per heavy atom. The van der Waals surface area contributed by atoms with Crippen LogP contribution in [0, 0.1) is 24.1 Å². The number of nitriles is 1. The summed E-state index contributed by atoms with van der Waals surface area (Å²) >= 11 is 0. The Morgan fingerprint density at radius 3 is 2.11 bits per heavy atom. The fourth-order valence-corrected chi connectivity index (χ4v) is 9.44.